The number of hydrazine groups is 1. The second kappa shape index (κ2) is 9.36. The molecule has 0 spiro atoms. The van der Waals surface area contributed by atoms with Gasteiger partial charge in [0.15, 0.2) is 0 Å². The molecule has 164 valence electrons. The van der Waals surface area contributed by atoms with Crippen LogP contribution in [0.3, 0.4) is 0 Å². The Labute approximate surface area is 206 Å². The predicted molar refractivity (Wildman–Crippen MR) is 136 cm³/mol. The molecule has 4 rings (SSSR count). The molecule has 1 atom stereocenters. The molecular formula is C24H20Cl3N3OS. The van der Waals surface area contributed by atoms with E-state index in [0.717, 1.165) is 21.6 Å². The third-order valence-corrected chi connectivity index (χ3v) is 7.21. The number of nitrogens with zero attached hydrogens (tertiary/aromatic N) is 2. The molecule has 3 aromatic carbocycles. The van der Waals surface area contributed by atoms with E-state index in [1.807, 2.05) is 39.0 Å². The van der Waals surface area contributed by atoms with Crippen LogP contribution in [0.15, 0.2) is 64.5 Å². The van der Waals surface area contributed by atoms with Gasteiger partial charge in [0.25, 0.3) is 5.91 Å². The number of amides is 1. The highest BCUT2D eigenvalue weighted by Gasteiger charge is 2.40. The summed E-state index contributed by atoms with van der Waals surface area (Å²) in [5.41, 5.74) is 7.48. The first-order chi connectivity index (χ1) is 15.2. The second-order valence-electron chi connectivity index (χ2n) is 7.60. The minimum atomic E-state index is -0.598. The zero-order chi connectivity index (χ0) is 23.0. The van der Waals surface area contributed by atoms with Gasteiger partial charge in [0, 0.05) is 9.92 Å². The van der Waals surface area contributed by atoms with Gasteiger partial charge in [0.05, 0.1) is 21.4 Å². The Balaban J connectivity index is 1.79. The maximum absolute atomic E-state index is 13.5. The fraction of sp³-hybridized carbons (Fsp3) is 0.167. The number of carbonyl (C=O) groups is 1. The molecule has 1 fully saturated rings. The van der Waals surface area contributed by atoms with Crippen LogP contribution < -0.4 is 10.4 Å². The monoisotopic (exact) mass is 503 g/mol. The van der Waals surface area contributed by atoms with Crippen molar-refractivity contribution in [1.29, 1.82) is 0 Å². The number of halogens is 3. The number of benzene rings is 3. The van der Waals surface area contributed by atoms with Crippen LogP contribution in [0, 0.1) is 20.8 Å². The second-order valence-corrected chi connectivity index (χ2v) is 10.00. The van der Waals surface area contributed by atoms with Gasteiger partial charge in [-0.2, -0.15) is 0 Å². The Hall–Kier alpha value is -2.18. The molecule has 1 heterocycles. The average Bonchev–Trinajstić information content (AvgIpc) is 3.03. The SMILES string of the molecule is Cc1ccc(Cl)c(N=C2NN(c3ccc(Cl)cc3Cl)C(=O)C2Sc2cc(C)ccc2C)c1. The summed E-state index contributed by atoms with van der Waals surface area (Å²) in [5.74, 6) is 0.307. The Kier molecular flexibility index (Phi) is 6.72. The van der Waals surface area contributed by atoms with Crippen LogP contribution in [0.5, 0.6) is 0 Å². The smallest absolute Gasteiger partial charge is 0.266 e. The van der Waals surface area contributed by atoms with Crippen molar-refractivity contribution >= 4 is 69.7 Å². The fourth-order valence-electron chi connectivity index (χ4n) is 3.29. The summed E-state index contributed by atoms with van der Waals surface area (Å²) < 4.78 is 0. The van der Waals surface area contributed by atoms with Crippen molar-refractivity contribution in [2.24, 2.45) is 4.99 Å². The quantitative estimate of drug-likeness (QED) is 0.405. The fourth-order valence-corrected chi connectivity index (χ4v) is 5.13. The zero-order valence-corrected chi connectivity index (χ0v) is 20.7. The summed E-state index contributed by atoms with van der Waals surface area (Å²) in [6.07, 6.45) is 0. The van der Waals surface area contributed by atoms with Gasteiger partial charge in [-0.1, -0.05) is 58.6 Å². The highest BCUT2D eigenvalue weighted by molar-refractivity contribution is 8.01. The zero-order valence-electron chi connectivity index (χ0n) is 17.6. The molecular weight excluding hydrogens is 485 g/mol. The van der Waals surface area contributed by atoms with Crippen LogP contribution in [0.2, 0.25) is 15.1 Å². The molecule has 1 aliphatic heterocycles. The lowest BCUT2D eigenvalue weighted by Gasteiger charge is -2.17. The van der Waals surface area contributed by atoms with Gasteiger partial charge in [-0.15, -0.1) is 11.8 Å². The molecule has 1 aliphatic rings. The highest BCUT2D eigenvalue weighted by Crippen LogP contribution is 2.37. The van der Waals surface area contributed by atoms with Gasteiger partial charge in [-0.25, -0.2) is 10.0 Å². The molecule has 32 heavy (non-hydrogen) atoms. The first-order valence-electron chi connectivity index (χ1n) is 9.87. The lowest BCUT2D eigenvalue weighted by atomic mass is 10.2. The van der Waals surface area contributed by atoms with E-state index in [-0.39, 0.29) is 5.91 Å². The van der Waals surface area contributed by atoms with Crippen LogP contribution in [0.1, 0.15) is 16.7 Å². The molecule has 0 radical (unpaired) electrons. The van der Waals surface area contributed by atoms with Gasteiger partial charge < -0.3 is 0 Å². The summed E-state index contributed by atoms with van der Waals surface area (Å²) >= 11 is 20.3. The minimum absolute atomic E-state index is 0.178. The van der Waals surface area contributed by atoms with Crippen LogP contribution in [0.4, 0.5) is 11.4 Å². The van der Waals surface area contributed by atoms with E-state index < -0.39 is 5.25 Å². The summed E-state index contributed by atoms with van der Waals surface area (Å²) in [4.78, 5) is 19.3. The van der Waals surface area contributed by atoms with Gasteiger partial charge >= 0.3 is 0 Å². The van der Waals surface area contributed by atoms with E-state index in [1.165, 1.54) is 16.8 Å². The van der Waals surface area contributed by atoms with Crippen LogP contribution >= 0.6 is 46.6 Å². The molecule has 0 bridgehead atoms. The first-order valence-corrected chi connectivity index (χ1v) is 11.9. The van der Waals surface area contributed by atoms with Crippen LogP contribution in [-0.4, -0.2) is 17.0 Å². The summed E-state index contributed by atoms with van der Waals surface area (Å²) in [7, 11) is 0. The molecule has 1 unspecified atom stereocenters. The number of anilines is 1. The van der Waals surface area contributed by atoms with Crippen LogP contribution in [0.25, 0.3) is 0 Å². The lowest BCUT2D eigenvalue weighted by Crippen LogP contribution is -2.36. The highest BCUT2D eigenvalue weighted by atomic mass is 35.5. The lowest BCUT2D eigenvalue weighted by molar-refractivity contribution is -0.116. The van der Waals surface area contributed by atoms with Crippen molar-refractivity contribution < 1.29 is 4.79 Å². The van der Waals surface area contributed by atoms with Crippen molar-refractivity contribution in [2.45, 2.75) is 30.9 Å². The number of carbonyl (C=O) groups excluding carboxylic acids is 1. The normalized spacial score (nSPS) is 17.2. The largest absolute Gasteiger partial charge is 0.277 e. The van der Waals surface area contributed by atoms with Crippen molar-refractivity contribution in [3.8, 4) is 0 Å². The van der Waals surface area contributed by atoms with Crippen molar-refractivity contribution in [2.75, 3.05) is 5.01 Å². The predicted octanol–water partition coefficient (Wildman–Crippen LogP) is 7.31. The van der Waals surface area contributed by atoms with E-state index in [0.29, 0.717) is 32.3 Å². The standard InChI is InChI=1S/C24H20Cl3N3OS/c1-13-5-8-17(26)19(10-13)28-23-22(32-21-11-14(2)4-6-15(21)3)24(31)30(29-23)20-9-7-16(25)12-18(20)27/h4-12,22H,1-3H3,(H,28,29). The van der Waals surface area contributed by atoms with E-state index in [4.69, 9.17) is 39.8 Å². The average molecular weight is 505 g/mol. The van der Waals surface area contributed by atoms with Crippen molar-refractivity contribution in [3.05, 3.63) is 86.4 Å². The molecule has 8 heteroatoms. The third-order valence-electron chi connectivity index (χ3n) is 5.00. The van der Waals surface area contributed by atoms with E-state index >= 15 is 0 Å². The molecule has 0 saturated carbocycles. The van der Waals surface area contributed by atoms with Gasteiger partial charge in [0.1, 0.15) is 11.1 Å². The number of hydrogen-bond acceptors (Lipinski definition) is 3. The first kappa shape index (κ1) is 23.0. The molecule has 0 aliphatic carbocycles. The number of thioether (sulfide) groups is 1. The Bertz CT molecular complexity index is 1250. The number of aryl methyl sites for hydroxylation is 3. The van der Waals surface area contributed by atoms with Gasteiger partial charge in [-0.05, 0) is 68.3 Å². The van der Waals surface area contributed by atoms with E-state index in [9.17, 15) is 4.79 Å². The Morgan fingerprint density at radius 1 is 0.906 bits per heavy atom. The van der Waals surface area contributed by atoms with Crippen LogP contribution in [-0.2, 0) is 4.79 Å². The number of amidine groups is 1. The van der Waals surface area contributed by atoms with Crippen molar-refractivity contribution in [1.82, 2.24) is 5.43 Å². The van der Waals surface area contributed by atoms with Gasteiger partial charge in [0.2, 0.25) is 0 Å². The number of hydrogen-bond donors (Lipinski definition) is 1. The maximum Gasteiger partial charge on any atom is 0.266 e. The third kappa shape index (κ3) is 4.76. The molecule has 1 amide bonds. The summed E-state index contributed by atoms with van der Waals surface area (Å²) in [6, 6.07) is 16.8. The van der Waals surface area contributed by atoms with E-state index in [1.54, 1.807) is 24.3 Å². The minimum Gasteiger partial charge on any atom is -0.277 e. The number of rotatable bonds is 4. The molecule has 1 saturated heterocycles. The number of nitrogens with one attached hydrogen (secondary N) is 1. The Morgan fingerprint density at radius 3 is 2.38 bits per heavy atom. The van der Waals surface area contributed by atoms with E-state index in [2.05, 4.69) is 17.6 Å². The molecule has 1 N–H and O–H groups in total. The Morgan fingerprint density at radius 2 is 1.62 bits per heavy atom. The maximum atomic E-state index is 13.5. The molecule has 0 aromatic heterocycles. The molecule has 4 nitrogen and oxygen atoms in total. The summed E-state index contributed by atoms with van der Waals surface area (Å²) in [5, 5.41) is 2.19. The van der Waals surface area contributed by atoms with Crippen molar-refractivity contribution in [3.63, 3.8) is 0 Å². The summed E-state index contributed by atoms with van der Waals surface area (Å²) in [6.45, 7) is 6.02. The van der Waals surface area contributed by atoms with Gasteiger partial charge in [-0.3, -0.25) is 10.2 Å². The topological polar surface area (TPSA) is 44.7 Å². The molecule has 3 aromatic rings. The number of aliphatic imine (C=N–C) groups is 1.